The molecule has 2 rings (SSSR count). The number of hydrogen-bond donors (Lipinski definition) is 1. The summed E-state index contributed by atoms with van der Waals surface area (Å²) in [5.41, 5.74) is 3.48. The molecule has 23 heavy (non-hydrogen) atoms. The van der Waals surface area contributed by atoms with Crippen molar-refractivity contribution >= 4 is 21.9 Å². The van der Waals surface area contributed by atoms with Crippen LogP contribution in [0.15, 0.2) is 47.4 Å². The molecule has 0 aromatic heterocycles. The van der Waals surface area contributed by atoms with Gasteiger partial charge in [-0.3, -0.25) is 4.55 Å². The topological polar surface area (TPSA) is 54.4 Å². The van der Waals surface area contributed by atoms with Gasteiger partial charge in [-0.05, 0) is 49.9 Å². The third kappa shape index (κ3) is 4.37. The normalized spacial score (nSPS) is 12.4. The van der Waals surface area contributed by atoms with Gasteiger partial charge in [-0.1, -0.05) is 42.5 Å². The molecule has 0 bridgehead atoms. The van der Waals surface area contributed by atoms with E-state index in [-0.39, 0.29) is 9.64 Å². The summed E-state index contributed by atoms with van der Waals surface area (Å²) >= 11 is 1.80. The minimum atomic E-state index is -4.17. The van der Waals surface area contributed by atoms with E-state index in [4.69, 9.17) is 0 Å². The average molecular weight is 351 g/mol. The SMILES string of the molecule is Cc1cc(CSC(C)(C)c2ccccc2)cc(C)c1S(=O)(=O)O. The number of aryl methyl sites for hydroxylation is 2. The summed E-state index contributed by atoms with van der Waals surface area (Å²) in [5.74, 6) is 0.773. The van der Waals surface area contributed by atoms with Crippen LogP contribution in [0.25, 0.3) is 0 Å². The molecule has 0 spiro atoms. The van der Waals surface area contributed by atoms with Crippen molar-refractivity contribution in [1.29, 1.82) is 0 Å². The molecular formula is C18H22O3S2. The van der Waals surface area contributed by atoms with Gasteiger partial charge in [0.2, 0.25) is 0 Å². The Balaban J connectivity index is 2.22. The van der Waals surface area contributed by atoms with E-state index in [1.54, 1.807) is 25.6 Å². The van der Waals surface area contributed by atoms with E-state index in [1.165, 1.54) is 5.56 Å². The van der Waals surface area contributed by atoms with Crippen LogP contribution < -0.4 is 0 Å². The van der Waals surface area contributed by atoms with Crippen LogP contribution in [0.1, 0.15) is 36.1 Å². The molecule has 1 N–H and O–H groups in total. The first kappa shape index (κ1) is 18.0. The molecule has 0 radical (unpaired) electrons. The molecule has 0 saturated carbocycles. The third-order valence-corrected chi connectivity index (χ3v) is 6.44. The van der Waals surface area contributed by atoms with E-state index in [2.05, 4.69) is 26.0 Å². The van der Waals surface area contributed by atoms with Crippen LogP contribution >= 0.6 is 11.8 Å². The highest BCUT2D eigenvalue weighted by Crippen LogP contribution is 2.38. The summed E-state index contributed by atoms with van der Waals surface area (Å²) in [6.45, 7) is 7.79. The molecule has 0 heterocycles. The first-order valence-electron chi connectivity index (χ1n) is 7.38. The Hall–Kier alpha value is -1.30. The van der Waals surface area contributed by atoms with Crippen molar-refractivity contribution in [3.8, 4) is 0 Å². The molecular weight excluding hydrogens is 328 g/mol. The van der Waals surface area contributed by atoms with Gasteiger partial charge in [-0.15, -0.1) is 11.8 Å². The van der Waals surface area contributed by atoms with Crippen LogP contribution in [0.4, 0.5) is 0 Å². The minimum absolute atomic E-state index is 0.0218. The summed E-state index contributed by atoms with van der Waals surface area (Å²) in [6, 6.07) is 14.0. The molecule has 0 unspecified atom stereocenters. The predicted octanol–water partition coefficient (Wildman–Crippen LogP) is 4.72. The fourth-order valence-corrected chi connectivity index (χ4v) is 4.65. The smallest absolute Gasteiger partial charge is 0.282 e. The molecule has 3 nitrogen and oxygen atoms in total. The summed E-state index contributed by atoms with van der Waals surface area (Å²) in [7, 11) is -4.17. The second-order valence-corrected chi connectivity index (χ2v) is 9.16. The number of hydrogen-bond acceptors (Lipinski definition) is 3. The van der Waals surface area contributed by atoms with Crippen LogP contribution in [0.5, 0.6) is 0 Å². The lowest BCUT2D eigenvalue weighted by molar-refractivity contribution is 0.482. The zero-order chi connectivity index (χ0) is 17.3. The molecule has 0 aliphatic rings. The fraction of sp³-hybridized carbons (Fsp3) is 0.333. The van der Waals surface area contributed by atoms with Crippen LogP contribution in [0.3, 0.4) is 0 Å². The Morgan fingerprint density at radius 3 is 2.04 bits per heavy atom. The Morgan fingerprint density at radius 1 is 1.04 bits per heavy atom. The fourth-order valence-electron chi connectivity index (χ4n) is 2.72. The van der Waals surface area contributed by atoms with Gasteiger partial charge in [-0.25, -0.2) is 0 Å². The van der Waals surface area contributed by atoms with Gasteiger partial charge in [-0.2, -0.15) is 8.42 Å². The van der Waals surface area contributed by atoms with E-state index >= 15 is 0 Å². The van der Waals surface area contributed by atoms with Crippen molar-refractivity contribution in [3.05, 3.63) is 64.7 Å². The van der Waals surface area contributed by atoms with Crippen molar-refractivity contribution in [2.75, 3.05) is 0 Å². The monoisotopic (exact) mass is 350 g/mol. The summed E-state index contributed by atoms with van der Waals surface area (Å²) < 4.78 is 32.2. The number of benzene rings is 2. The quantitative estimate of drug-likeness (QED) is 0.793. The lowest BCUT2D eigenvalue weighted by atomic mass is 10.0. The Labute approximate surface area is 142 Å². The molecule has 0 amide bonds. The molecule has 124 valence electrons. The Morgan fingerprint density at radius 2 is 1.57 bits per heavy atom. The van der Waals surface area contributed by atoms with E-state index in [1.807, 2.05) is 30.3 Å². The van der Waals surface area contributed by atoms with Crippen molar-refractivity contribution in [2.24, 2.45) is 0 Å². The van der Waals surface area contributed by atoms with Gasteiger partial charge in [0.05, 0.1) is 4.90 Å². The summed E-state index contributed by atoms with van der Waals surface area (Å²) in [6.07, 6.45) is 0. The van der Waals surface area contributed by atoms with Crippen molar-refractivity contribution in [3.63, 3.8) is 0 Å². The van der Waals surface area contributed by atoms with Gasteiger partial charge in [0, 0.05) is 10.5 Å². The maximum Gasteiger partial charge on any atom is 0.295 e. The van der Waals surface area contributed by atoms with Crippen molar-refractivity contribution in [1.82, 2.24) is 0 Å². The Kier molecular flexibility index (Phi) is 5.23. The average Bonchev–Trinajstić information content (AvgIpc) is 2.44. The first-order valence-corrected chi connectivity index (χ1v) is 9.81. The molecule has 5 heteroatoms. The van der Waals surface area contributed by atoms with Crippen LogP contribution in [0, 0.1) is 13.8 Å². The minimum Gasteiger partial charge on any atom is -0.282 e. The van der Waals surface area contributed by atoms with E-state index in [0.717, 1.165) is 11.3 Å². The van der Waals surface area contributed by atoms with E-state index in [9.17, 15) is 13.0 Å². The van der Waals surface area contributed by atoms with Crippen molar-refractivity contribution in [2.45, 2.75) is 43.1 Å². The zero-order valence-electron chi connectivity index (χ0n) is 13.8. The zero-order valence-corrected chi connectivity index (χ0v) is 15.5. The third-order valence-electron chi connectivity index (χ3n) is 3.85. The number of thioether (sulfide) groups is 1. The van der Waals surface area contributed by atoms with Gasteiger partial charge in [0.15, 0.2) is 0 Å². The predicted molar refractivity (Wildman–Crippen MR) is 96.5 cm³/mol. The highest BCUT2D eigenvalue weighted by atomic mass is 32.2. The maximum atomic E-state index is 11.4. The largest absolute Gasteiger partial charge is 0.295 e. The maximum absolute atomic E-state index is 11.4. The first-order chi connectivity index (χ1) is 10.6. The lowest BCUT2D eigenvalue weighted by Crippen LogP contribution is -2.12. The van der Waals surface area contributed by atoms with Crippen molar-refractivity contribution < 1.29 is 13.0 Å². The van der Waals surface area contributed by atoms with Crippen LogP contribution in [-0.2, 0) is 20.6 Å². The molecule has 0 aliphatic heterocycles. The van der Waals surface area contributed by atoms with E-state index in [0.29, 0.717) is 11.1 Å². The second kappa shape index (κ2) is 6.67. The van der Waals surface area contributed by atoms with Gasteiger partial charge >= 0.3 is 0 Å². The van der Waals surface area contributed by atoms with Crippen LogP contribution in [-0.4, -0.2) is 13.0 Å². The molecule has 0 aliphatic carbocycles. The highest BCUT2D eigenvalue weighted by molar-refractivity contribution is 7.99. The van der Waals surface area contributed by atoms with Gasteiger partial charge in [0.25, 0.3) is 10.1 Å². The van der Waals surface area contributed by atoms with E-state index < -0.39 is 10.1 Å². The Bertz CT molecular complexity index is 771. The summed E-state index contributed by atoms with van der Waals surface area (Å²) in [4.78, 5) is 0.0218. The number of rotatable bonds is 5. The van der Waals surface area contributed by atoms with Crippen LogP contribution in [0.2, 0.25) is 0 Å². The molecule has 2 aromatic rings. The standard InChI is InChI=1S/C18H22O3S2/c1-13-10-15(11-14(2)17(13)23(19,20)21)12-22-18(3,4)16-8-6-5-7-9-16/h5-11H,12H2,1-4H3,(H,19,20,21). The molecule has 0 saturated heterocycles. The molecule has 0 atom stereocenters. The lowest BCUT2D eigenvalue weighted by Gasteiger charge is -2.25. The molecule has 2 aromatic carbocycles. The second-order valence-electron chi connectivity index (χ2n) is 6.20. The molecule has 0 fully saturated rings. The van der Waals surface area contributed by atoms with Gasteiger partial charge < -0.3 is 0 Å². The van der Waals surface area contributed by atoms with Gasteiger partial charge in [0.1, 0.15) is 0 Å². The summed E-state index contributed by atoms with van der Waals surface area (Å²) in [5, 5.41) is 0. The highest BCUT2D eigenvalue weighted by Gasteiger charge is 2.22.